The molecule has 1 aromatic carbocycles. The second-order valence-electron chi connectivity index (χ2n) is 5.01. The third kappa shape index (κ3) is 5.61. The summed E-state index contributed by atoms with van der Waals surface area (Å²) >= 11 is 0. The van der Waals surface area contributed by atoms with Crippen molar-refractivity contribution in [1.82, 2.24) is 4.90 Å². The summed E-state index contributed by atoms with van der Waals surface area (Å²) in [5.74, 6) is -0.277. The number of hydrogen-bond acceptors (Lipinski definition) is 4. The third-order valence-corrected chi connectivity index (χ3v) is 3.43. The lowest BCUT2D eigenvalue weighted by atomic mass is 10.2. The number of rotatable bonds is 8. The highest BCUT2D eigenvalue weighted by molar-refractivity contribution is 5.89. The van der Waals surface area contributed by atoms with Crippen molar-refractivity contribution in [2.75, 3.05) is 25.4 Å². The molecule has 0 heterocycles. The third-order valence-electron chi connectivity index (χ3n) is 3.43. The molecule has 4 nitrogen and oxygen atoms in total. The monoisotopic (exact) mass is 278 g/mol. The van der Waals surface area contributed by atoms with E-state index in [4.69, 9.17) is 10.5 Å². The number of benzene rings is 1. The molecule has 0 bridgehead atoms. The van der Waals surface area contributed by atoms with Crippen LogP contribution < -0.4 is 5.73 Å². The van der Waals surface area contributed by atoms with Gasteiger partial charge in [-0.05, 0) is 63.7 Å². The average molecular weight is 278 g/mol. The Balaban J connectivity index is 2.33. The van der Waals surface area contributed by atoms with E-state index in [9.17, 15) is 4.79 Å². The minimum atomic E-state index is -0.277. The van der Waals surface area contributed by atoms with Gasteiger partial charge in [0, 0.05) is 5.69 Å². The molecule has 0 fully saturated rings. The number of nitrogens with zero attached hydrogens (tertiary/aromatic N) is 1. The van der Waals surface area contributed by atoms with E-state index in [2.05, 4.69) is 18.7 Å². The van der Waals surface area contributed by atoms with Crippen molar-refractivity contribution in [3.63, 3.8) is 0 Å². The lowest BCUT2D eigenvalue weighted by Crippen LogP contribution is -2.25. The fourth-order valence-electron chi connectivity index (χ4n) is 2.07. The van der Waals surface area contributed by atoms with Crippen molar-refractivity contribution in [2.45, 2.75) is 39.7 Å². The number of hydrogen-bond donors (Lipinski definition) is 1. The van der Waals surface area contributed by atoms with Crippen LogP contribution in [0.25, 0.3) is 0 Å². The summed E-state index contributed by atoms with van der Waals surface area (Å²) in [5, 5.41) is 0. The van der Waals surface area contributed by atoms with E-state index in [1.54, 1.807) is 24.3 Å². The first kappa shape index (κ1) is 16.5. The van der Waals surface area contributed by atoms with Gasteiger partial charge in [-0.3, -0.25) is 0 Å². The normalized spacial score (nSPS) is 12.4. The molecule has 2 N–H and O–H groups in total. The smallest absolute Gasteiger partial charge is 0.338 e. The van der Waals surface area contributed by atoms with Crippen LogP contribution in [-0.4, -0.2) is 36.6 Å². The van der Waals surface area contributed by atoms with Gasteiger partial charge in [0.25, 0.3) is 0 Å². The van der Waals surface area contributed by atoms with E-state index in [0.29, 0.717) is 11.3 Å². The molecule has 0 saturated heterocycles. The molecule has 20 heavy (non-hydrogen) atoms. The predicted octanol–water partition coefficient (Wildman–Crippen LogP) is 2.94. The van der Waals surface area contributed by atoms with E-state index in [1.165, 1.54) is 0 Å². The lowest BCUT2D eigenvalue weighted by molar-refractivity contribution is 0.0315. The molecule has 0 aliphatic rings. The standard InChI is InChI=1S/C16H26N2O2/c1-4-18(5-2)12-6-7-13(3)20-16(19)14-8-10-15(17)11-9-14/h8-11,13H,4-7,12,17H2,1-3H3/t13-/m0/s1. The van der Waals surface area contributed by atoms with Gasteiger partial charge in [0.05, 0.1) is 11.7 Å². The molecule has 4 heteroatoms. The Hall–Kier alpha value is -1.55. The minimum absolute atomic E-state index is 0.0596. The number of carbonyl (C=O) groups excluding carboxylic acids is 1. The van der Waals surface area contributed by atoms with E-state index in [-0.39, 0.29) is 12.1 Å². The highest BCUT2D eigenvalue weighted by Crippen LogP contribution is 2.10. The van der Waals surface area contributed by atoms with E-state index < -0.39 is 0 Å². The Morgan fingerprint density at radius 2 is 1.85 bits per heavy atom. The minimum Gasteiger partial charge on any atom is -0.459 e. The number of anilines is 1. The average Bonchev–Trinajstić information content (AvgIpc) is 2.44. The maximum Gasteiger partial charge on any atom is 0.338 e. The van der Waals surface area contributed by atoms with Crippen molar-refractivity contribution in [3.8, 4) is 0 Å². The van der Waals surface area contributed by atoms with Crippen LogP contribution in [0, 0.1) is 0 Å². The SMILES string of the molecule is CCN(CC)CCC[C@H](C)OC(=O)c1ccc(N)cc1. The van der Waals surface area contributed by atoms with Crippen LogP contribution in [0.2, 0.25) is 0 Å². The Bertz CT molecular complexity index is 399. The lowest BCUT2D eigenvalue weighted by Gasteiger charge is -2.19. The molecule has 0 aliphatic heterocycles. The highest BCUT2D eigenvalue weighted by atomic mass is 16.5. The zero-order chi connectivity index (χ0) is 15.0. The number of esters is 1. The summed E-state index contributed by atoms with van der Waals surface area (Å²) in [6.45, 7) is 9.45. The first-order chi connectivity index (χ1) is 9.56. The summed E-state index contributed by atoms with van der Waals surface area (Å²) < 4.78 is 5.43. The fourth-order valence-corrected chi connectivity index (χ4v) is 2.07. The van der Waals surface area contributed by atoms with Crippen LogP contribution >= 0.6 is 0 Å². The molecule has 0 spiro atoms. The van der Waals surface area contributed by atoms with Crippen LogP contribution in [0.3, 0.4) is 0 Å². The van der Waals surface area contributed by atoms with Crippen LogP contribution in [0.15, 0.2) is 24.3 Å². The Morgan fingerprint density at radius 1 is 1.25 bits per heavy atom. The van der Waals surface area contributed by atoms with E-state index in [1.807, 2.05) is 6.92 Å². The summed E-state index contributed by atoms with van der Waals surface area (Å²) in [6.07, 6.45) is 1.87. The van der Waals surface area contributed by atoms with Gasteiger partial charge < -0.3 is 15.4 Å². The second-order valence-corrected chi connectivity index (χ2v) is 5.01. The van der Waals surface area contributed by atoms with Gasteiger partial charge in [-0.2, -0.15) is 0 Å². The molecular formula is C16H26N2O2. The summed E-state index contributed by atoms with van der Waals surface area (Å²) in [6, 6.07) is 6.81. The maximum absolute atomic E-state index is 11.9. The van der Waals surface area contributed by atoms with Gasteiger partial charge in [-0.15, -0.1) is 0 Å². The van der Waals surface area contributed by atoms with Crippen molar-refractivity contribution in [2.24, 2.45) is 0 Å². The first-order valence-electron chi connectivity index (χ1n) is 7.35. The van der Waals surface area contributed by atoms with Gasteiger partial charge >= 0.3 is 5.97 Å². The zero-order valence-corrected chi connectivity index (χ0v) is 12.8. The van der Waals surface area contributed by atoms with Gasteiger partial charge in [0.1, 0.15) is 0 Å². The molecule has 1 rings (SSSR count). The Kier molecular flexibility index (Phi) is 7.09. The summed E-state index contributed by atoms with van der Waals surface area (Å²) in [5.41, 5.74) is 6.79. The van der Waals surface area contributed by atoms with Crippen molar-refractivity contribution < 1.29 is 9.53 Å². The molecule has 0 unspecified atom stereocenters. The summed E-state index contributed by atoms with van der Waals surface area (Å²) in [7, 11) is 0. The van der Waals surface area contributed by atoms with Gasteiger partial charge in [-0.25, -0.2) is 4.79 Å². The van der Waals surface area contributed by atoms with Crippen LogP contribution in [0.4, 0.5) is 5.69 Å². The molecule has 1 atom stereocenters. The number of carbonyl (C=O) groups is 1. The molecule has 1 aromatic rings. The molecule has 0 amide bonds. The molecule has 0 aliphatic carbocycles. The molecule has 112 valence electrons. The first-order valence-corrected chi connectivity index (χ1v) is 7.35. The van der Waals surface area contributed by atoms with Gasteiger partial charge in [0.15, 0.2) is 0 Å². The number of ether oxygens (including phenoxy) is 1. The fraction of sp³-hybridized carbons (Fsp3) is 0.562. The molecule has 0 saturated carbocycles. The van der Waals surface area contributed by atoms with Gasteiger partial charge in [-0.1, -0.05) is 13.8 Å². The topological polar surface area (TPSA) is 55.6 Å². The number of nitrogen functional groups attached to an aromatic ring is 1. The summed E-state index contributed by atoms with van der Waals surface area (Å²) in [4.78, 5) is 14.3. The van der Waals surface area contributed by atoms with Crippen molar-refractivity contribution in [3.05, 3.63) is 29.8 Å². The Morgan fingerprint density at radius 3 is 2.40 bits per heavy atom. The molecule has 0 radical (unpaired) electrons. The van der Waals surface area contributed by atoms with Crippen LogP contribution in [0.5, 0.6) is 0 Å². The zero-order valence-electron chi connectivity index (χ0n) is 12.8. The largest absolute Gasteiger partial charge is 0.459 e. The molecular weight excluding hydrogens is 252 g/mol. The van der Waals surface area contributed by atoms with Crippen LogP contribution in [0.1, 0.15) is 44.0 Å². The second kappa shape index (κ2) is 8.59. The Labute approximate surface area is 121 Å². The predicted molar refractivity (Wildman–Crippen MR) is 82.8 cm³/mol. The molecule has 0 aromatic heterocycles. The van der Waals surface area contributed by atoms with Crippen molar-refractivity contribution in [1.29, 1.82) is 0 Å². The van der Waals surface area contributed by atoms with Crippen molar-refractivity contribution >= 4 is 11.7 Å². The van der Waals surface area contributed by atoms with Crippen LogP contribution in [-0.2, 0) is 4.74 Å². The van der Waals surface area contributed by atoms with E-state index >= 15 is 0 Å². The highest BCUT2D eigenvalue weighted by Gasteiger charge is 2.12. The maximum atomic E-state index is 11.9. The van der Waals surface area contributed by atoms with E-state index in [0.717, 1.165) is 32.5 Å². The quantitative estimate of drug-likeness (QED) is 0.587. The van der Waals surface area contributed by atoms with Gasteiger partial charge in [0.2, 0.25) is 0 Å². The number of nitrogens with two attached hydrogens (primary N) is 1.